The number of carboxylic acids is 1. The highest BCUT2D eigenvalue weighted by Gasteiger charge is 2.33. The standard InChI is InChI=1S/C12H20N2O4/c1-2-3-7-18-8-6-13-12(17)14(9-11(15)16)10-4-5-10/h2,10H,1,3-9H2,(H,13,17)(H,15,16). The number of carbonyl (C=O) groups is 2. The molecule has 2 amide bonds. The van der Waals surface area contributed by atoms with Crippen molar-refractivity contribution in [3.63, 3.8) is 0 Å². The summed E-state index contributed by atoms with van der Waals surface area (Å²) in [6.45, 7) is 4.72. The number of rotatable bonds is 9. The average molecular weight is 256 g/mol. The minimum Gasteiger partial charge on any atom is -0.480 e. The first-order valence-corrected chi connectivity index (χ1v) is 6.10. The van der Waals surface area contributed by atoms with E-state index in [1.54, 1.807) is 6.08 Å². The zero-order valence-corrected chi connectivity index (χ0v) is 10.4. The predicted molar refractivity (Wildman–Crippen MR) is 66.4 cm³/mol. The lowest BCUT2D eigenvalue weighted by Crippen LogP contribution is -2.45. The lowest BCUT2D eigenvalue weighted by molar-refractivity contribution is -0.137. The van der Waals surface area contributed by atoms with Gasteiger partial charge in [0.15, 0.2) is 0 Å². The molecule has 0 heterocycles. The molecule has 1 aliphatic rings. The minimum atomic E-state index is -0.987. The zero-order valence-electron chi connectivity index (χ0n) is 10.4. The van der Waals surface area contributed by atoms with E-state index < -0.39 is 5.97 Å². The minimum absolute atomic E-state index is 0.0859. The first kappa shape index (κ1) is 14.5. The van der Waals surface area contributed by atoms with Gasteiger partial charge in [-0.05, 0) is 19.3 Å². The molecule has 0 aliphatic heterocycles. The van der Waals surface area contributed by atoms with Crippen LogP contribution in [0.5, 0.6) is 0 Å². The van der Waals surface area contributed by atoms with Crippen LogP contribution in [0, 0.1) is 0 Å². The first-order chi connectivity index (χ1) is 8.65. The smallest absolute Gasteiger partial charge is 0.323 e. The summed E-state index contributed by atoms with van der Waals surface area (Å²) in [4.78, 5) is 23.7. The fourth-order valence-corrected chi connectivity index (χ4v) is 1.50. The Morgan fingerprint density at radius 3 is 2.72 bits per heavy atom. The van der Waals surface area contributed by atoms with Gasteiger partial charge in [0, 0.05) is 12.6 Å². The van der Waals surface area contributed by atoms with Crippen molar-refractivity contribution in [1.29, 1.82) is 0 Å². The van der Waals surface area contributed by atoms with E-state index >= 15 is 0 Å². The van der Waals surface area contributed by atoms with E-state index in [4.69, 9.17) is 9.84 Å². The molecule has 0 aromatic rings. The SMILES string of the molecule is C=CCCOCCNC(=O)N(CC(=O)O)C1CC1. The quantitative estimate of drug-likeness (QED) is 0.473. The van der Waals surface area contributed by atoms with Gasteiger partial charge in [-0.25, -0.2) is 4.79 Å². The Morgan fingerprint density at radius 1 is 1.44 bits per heavy atom. The van der Waals surface area contributed by atoms with E-state index in [0.717, 1.165) is 19.3 Å². The largest absolute Gasteiger partial charge is 0.480 e. The van der Waals surface area contributed by atoms with Crippen molar-refractivity contribution in [1.82, 2.24) is 10.2 Å². The van der Waals surface area contributed by atoms with Gasteiger partial charge < -0.3 is 20.1 Å². The van der Waals surface area contributed by atoms with Gasteiger partial charge in [0.2, 0.25) is 0 Å². The summed E-state index contributed by atoms with van der Waals surface area (Å²) < 4.78 is 5.24. The van der Waals surface area contributed by atoms with E-state index in [-0.39, 0.29) is 18.6 Å². The van der Waals surface area contributed by atoms with Crippen molar-refractivity contribution < 1.29 is 19.4 Å². The fourth-order valence-electron chi connectivity index (χ4n) is 1.50. The molecule has 0 bridgehead atoms. The highest BCUT2D eigenvalue weighted by atomic mass is 16.5. The number of urea groups is 1. The van der Waals surface area contributed by atoms with Gasteiger partial charge in [-0.3, -0.25) is 4.79 Å². The molecule has 0 atom stereocenters. The Hall–Kier alpha value is -1.56. The Labute approximate surface area is 107 Å². The van der Waals surface area contributed by atoms with Crippen LogP contribution in [0.4, 0.5) is 4.79 Å². The molecule has 1 fully saturated rings. The van der Waals surface area contributed by atoms with Crippen LogP contribution in [-0.2, 0) is 9.53 Å². The molecule has 0 radical (unpaired) electrons. The normalized spacial score (nSPS) is 14.0. The molecule has 0 aromatic heterocycles. The molecular weight excluding hydrogens is 236 g/mol. The van der Waals surface area contributed by atoms with Crippen molar-refractivity contribution >= 4 is 12.0 Å². The molecule has 0 unspecified atom stereocenters. The van der Waals surface area contributed by atoms with E-state index in [1.165, 1.54) is 4.90 Å². The van der Waals surface area contributed by atoms with E-state index in [0.29, 0.717) is 19.8 Å². The highest BCUT2D eigenvalue weighted by Crippen LogP contribution is 2.26. The maximum absolute atomic E-state index is 11.7. The van der Waals surface area contributed by atoms with Crippen molar-refractivity contribution in [2.45, 2.75) is 25.3 Å². The molecule has 0 spiro atoms. The number of ether oxygens (including phenoxy) is 1. The third kappa shape index (κ3) is 5.67. The van der Waals surface area contributed by atoms with Crippen LogP contribution < -0.4 is 5.32 Å². The second-order valence-corrected chi connectivity index (χ2v) is 4.17. The Kier molecular flexibility index (Phi) is 6.21. The Bertz CT molecular complexity index is 302. The summed E-state index contributed by atoms with van der Waals surface area (Å²) >= 11 is 0. The van der Waals surface area contributed by atoms with Gasteiger partial charge >= 0.3 is 12.0 Å². The number of hydrogen-bond donors (Lipinski definition) is 2. The third-order valence-electron chi connectivity index (χ3n) is 2.54. The molecule has 1 rings (SSSR count). The number of hydrogen-bond acceptors (Lipinski definition) is 3. The second-order valence-electron chi connectivity index (χ2n) is 4.17. The number of nitrogens with zero attached hydrogens (tertiary/aromatic N) is 1. The van der Waals surface area contributed by atoms with Gasteiger partial charge in [0.25, 0.3) is 0 Å². The summed E-state index contributed by atoms with van der Waals surface area (Å²) in [7, 11) is 0. The van der Waals surface area contributed by atoms with E-state index in [2.05, 4.69) is 11.9 Å². The maximum atomic E-state index is 11.7. The van der Waals surface area contributed by atoms with Crippen LogP contribution in [0.25, 0.3) is 0 Å². The molecular formula is C12H20N2O4. The topological polar surface area (TPSA) is 78.9 Å². The molecule has 0 saturated heterocycles. The van der Waals surface area contributed by atoms with Crippen molar-refractivity contribution in [2.75, 3.05) is 26.3 Å². The van der Waals surface area contributed by atoms with E-state index in [9.17, 15) is 9.59 Å². The van der Waals surface area contributed by atoms with Crippen molar-refractivity contribution in [3.8, 4) is 0 Å². The zero-order chi connectivity index (χ0) is 13.4. The molecule has 102 valence electrons. The fraction of sp³-hybridized carbons (Fsp3) is 0.667. The monoisotopic (exact) mass is 256 g/mol. The average Bonchev–Trinajstić information content (AvgIpc) is 3.14. The Morgan fingerprint density at radius 2 is 2.17 bits per heavy atom. The summed E-state index contributed by atoms with van der Waals surface area (Å²) in [6.07, 6.45) is 4.31. The number of carboxylic acid groups (broad SMARTS) is 1. The van der Waals surface area contributed by atoms with Gasteiger partial charge in [0.1, 0.15) is 6.54 Å². The lowest BCUT2D eigenvalue weighted by atomic mass is 10.4. The van der Waals surface area contributed by atoms with Crippen LogP contribution in [-0.4, -0.2) is 54.4 Å². The van der Waals surface area contributed by atoms with E-state index in [1.807, 2.05) is 0 Å². The number of aliphatic carboxylic acids is 1. The molecule has 1 aliphatic carbocycles. The summed E-state index contributed by atoms with van der Waals surface area (Å²) in [5, 5.41) is 11.4. The van der Waals surface area contributed by atoms with Gasteiger partial charge in [0.05, 0.1) is 13.2 Å². The van der Waals surface area contributed by atoms with Crippen molar-refractivity contribution in [3.05, 3.63) is 12.7 Å². The van der Waals surface area contributed by atoms with Crippen molar-refractivity contribution in [2.24, 2.45) is 0 Å². The third-order valence-corrected chi connectivity index (χ3v) is 2.54. The van der Waals surface area contributed by atoms with Crippen LogP contribution in [0.15, 0.2) is 12.7 Å². The molecule has 1 saturated carbocycles. The van der Waals surface area contributed by atoms with Crippen LogP contribution in [0.3, 0.4) is 0 Å². The van der Waals surface area contributed by atoms with Crippen LogP contribution in [0.2, 0.25) is 0 Å². The summed E-state index contributed by atoms with van der Waals surface area (Å²) in [5.74, 6) is -0.987. The van der Waals surface area contributed by atoms with Gasteiger partial charge in [-0.2, -0.15) is 0 Å². The van der Waals surface area contributed by atoms with Gasteiger partial charge in [-0.1, -0.05) is 6.08 Å². The van der Waals surface area contributed by atoms with Crippen LogP contribution >= 0.6 is 0 Å². The summed E-state index contributed by atoms with van der Waals surface area (Å²) in [6, 6.07) is -0.241. The summed E-state index contributed by atoms with van der Waals surface area (Å²) in [5.41, 5.74) is 0. The molecule has 2 N–H and O–H groups in total. The molecule has 18 heavy (non-hydrogen) atoms. The number of carbonyl (C=O) groups excluding carboxylic acids is 1. The first-order valence-electron chi connectivity index (χ1n) is 6.10. The van der Waals surface area contributed by atoms with Gasteiger partial charge in [-0.15, -0.1) is 6.58 Å². The second kappa shape index (κ2) is 7.71. The Balaban J connectivity index is 2.16. The molecule has 6 nitrogen and oxygen atoms in total. The molecule has 0 aromatic carbocycles. The van der Waals surface area contributed by atoms with Crippen LogP contribution in [0.1, 0.15) is 19.3 Å². The molecule has 6 heteroatoms. The number of amides is 2. The predicted octanol–water partition coefficient (Wildman–Crippen LogP) is 0.838. The maximum Gasteiger partial charge on any atom is 0.323 e. The highest BCUT2D eigenvalue weighted by molar-refractivity contribution is 5.80. The lowest BCUT2D eigenvalue weighted by Gasteiger charge is -2.20. The number of nitrogens with one attached hydrogen (secondary N) is 1.